The van der Waals surface area contributed by atoms with Crippen LogP contribution in [-0.4, -0.2) is 17.5 Å². The SMILES string of the molecule is CC1(C)CC(=O)C(C(=O)NCc2ccccc2)C(=O)C1. The van der Waals surface area contributed by atoms with Gasteiger partial charge in [0.25, 0.3) is 0 Å². The van der Waals surface area contributed by atoms with Crippen molar-refractivity contribution >= 4 is 17.5 Å². The van der Waals surface area contributed by atoms with Gasteiger partial charge < -0.3 is 5.32 Å². The van der Waals surface area contributed by atoms with Crippen LogP contribution in [0.2, 0.25) is 0 Å². The quantitative estimate of drug-likeness (QED) is 0.855. The summed E-state index contributed by atoms with van der Waals surface area (Å²) in [5, 5.41) is 2.68. The van der Waals surface area contributed by atoms with Crippen LogP contribution in [0, 0.1) is 11.3 Å². The van der Waals surface area contributed by atoms with E-state index in [1.807, 2.05) is 44.2 Å². The summed E-state index contributed by atoms with van der Waals surface area (Å²) in [6.45, 7) is 4.09. The molecule has 0 radical (unpaired) electrons. The molecule has 0 unspecified atom stereocenters. The van der Waals surface area contributed by atoms with Crippen molar-refractivity contribution < 1.29 is 14.4 Å². The van der Waals surface area contributed by atoms with Gasteiger partial charge in [0.05, 0.1) is 0 Å². The minimum atomic E-state index is -1.12. The molecule has 0 spiro atoms. The van der Waals surface area contributed by atoms with Crippen LogP contribution in [0.15, 0.2) is 30.3 Å². The number of benzene rings is 1. The van der Waals surface area contributed by atoms with Gasteiger partial charge in [-0.25, -0.2) is 0 Å². The molecule has 2 rings (SSSR count). The highest BCUT2D eigenvalue weighted by atomic mass is 16.2. The second-order valence-corrected chi connectivity index (χ2v) is 6.09. The lowest BCUT2D eigenvalue weighted by Crippen LogP contribution is -2.46. The molecule has 0 heterocycles. The first-order valence-corrected chi connectivity index (χ1v) is 6.76. The Morgan fingerprint density at radius 2 is 1.70 bits per heavy atom. The molecule has 0 atom stereocenters. The van der Waals surface area contributed by atoms with Crippen molar-refractivity contribution in [3.63, 3.8) is 0 Å². The molecule has 0 aliphatic heterocycles. The summed E-state index contributed by atoms with van der Waals surface area (Å²) in [4.78, 5) is 36.0. The Bertz CT molecular complexity index is 514. The van der Waals surface area contributed by atoms with Crippen molar-refractivity contribution in [2.75, 3.05) is 0 Å². The summed E-state index contributed by atoms with van der Waals surface area (Å²) in [6, 6.07) is 9.41. The van der Waals surface area contributed by atoms with E-state index in [1.54, 1.807) is 0 Å². The summed E-state index contributed by atoms with van der Waals surface area (Å²) < 4.78 is 0. The molecule has 0 aromatic heterocycles. The fraction of sp³-hybridized carbons (Fsp3) is 0.438. The highest BCUT2D eigenvalue weighted by Gasteiger charge is 2.43. The van der Waals surface area contributed by atoms with E-state index >= 15 is 0 Å². The molecule has 1 amide bonds. The third-order valence-corrected chi connectivity index (χ3v) is 3.52. The van der Waals surface area contributed by atoms with Gasteiger partial charge in [-0.15, -0.1) is 0 Å². The van der Waals surface area contributed by atoms with E-state index in [4.69, 9.17) is 0 Å². The molecule has 1 aromatic carbocycles. The number of carbonyl (C=O) groups is 3. The average molecular weight is 273 g/mol. The molecule has 106 valence electrons. The van der Waals surface area contributed by atoms with Crippen molar-refractivity contribution in [2.45, 2.75) is 33.2 Å². The molecule has 4 nitrogen and oxygen atoms in total. The molecule has 1 fully saturated rings. The zero-order valence-corrected chi connectivity index (χ0v) is 11.8. The fourth-order valence-corrected chi connectivity index (χ4v) is 2.57. The van der Waals surface area contributed by atoms with Crippen LogP contribution >= 0.6 is 0 Å². The lowest BCUT2D eigenvalue weighted by molar-refractivity contribution is -0.146. The van der Waals surface area contributed by atoms with Gasteiger partial charge >= 0.3 is 0 Å². The third-order valence-electron chi connectivity index (χ3n) is 3.52. The molecule has 1 aromatic rings. The van der Waals surface area contributed by atoms with Gasteiger partial charge in [0.1, 0.15) is 0 Å². The summed E-state index contributed by atoms with van der Waals surface area (Å²) in [5.74, 6) is -2.13. The van der Waals surface area contributed by atoms with Crippen molar-refractivity contribution in [1.82, 2.24) is 5.32 Å². The number of hydrogen-bond donors (Lipinski definition) is 1. The Morgan fingerprint density at radius 1 is 1.15 bits per heavy atom. The maximum absolute atomic E-state index is 12.1. The number of hydrogen-bond acceptors (Lipinski definition) is 3. The van der Waals surface area contributed by atoms with Crippen molar-refractivity contribution in [2.24, 2.45) is 11.3 Å². The van der Waals surface area contributed by atoms with Crippen LogP contribution in [0.4, 0.5) is 0 Å². The van der Waals surface area contributed by atoms with Gasteiger partial charge in [-0.05, 0) is 11.0 Å². The summed E-state index contributed by atoms with van der Waals surface area (Å²) >= 11 is 0. The van der Waals surface area contributed by atoms with Crippen molar-refractivity contribution in [3.8, 4) is 0 Å². The van der Waals surface area contributed by atoms with Crippen molar-refractivity contribution in [1.29, 1.82) is 0 Å². The predicted octanol–water partition coefficient (Wildman–Crippen LogP) is 1.88. The van der Waals surface area contributed by atoms with Crippen LogP contribution < -0.4 is 5.32 Å². The highest BCUT2D eigenvalue weighted by molar-refractivity contribution is 6.20. The first-order valence-electron chi connectivity index (χ1n) is 6.76. The Labute approximate surface area is 118 Å². The maximum Gasteiger partial charge on any atom is 0.238 e. The smallest absolute Gasteiger partial charge is 0.238 e. The van der Waals surface area contributed by atoms with E-state index in [2.05, 4.69) is 5.32 Å². The number of rotatable bonds is 3. The van der Waals surface area contributed by atoms with E-state index < -0.39 is 11.8 Å². The van der Waals surface area contributed by atoms with Crippen LogP contribution in [0.1, 0.15) is 32.3 Å². The second kappa shape index (κ2) is 5.57. The Kier molecular flexibility index (Phi) is 4.02. The molecule has 1 saturated carbocycles. The number of Topliss-reactive ketones (excluding diaryl/α,β-unsaturated/α-hetero) is 2. The molecule has 4 heteroatoms. The van der Waals surface area contributed by atoms with Crippen LogP contribution in [0.3, 0.4) is 0 Å². The minimum Gasteiger partial charge on any atom is -0.351 e. The Balaban J connectivity index is 1.99. The normalized spacial score (nSPS) is 18.9. The molecule has 1 aliphatic rings. The van der Waals surface area contributed by atoms with E-state index in [1.165, 1.54) is 0 Å². The van der Waals surface area contributed by atoms with Gasteiger partial charge in [-0.3, -0.25) is 14.4 Å². The molecule has 0 saturated heterocycles. The van der Waals surface area contributed by atoms with Gasteiger partial charge in [0.2, 0.25) is 5.91 Å². The van der Waals surface area contributed by atoms with Crippen LogP contribution in [0.5, 0.6) is 0 Å². The zero-order valence-electron chi connectivity index (χ0n) is 11.8. The molecular weight excluding hydrogens is 254 g/mol. The molecule has 1 aliphatic carbocycles. The molecule has 0 bridgehead atoms. The molecule has 20 heavy (non-hydrogen) atoms. The first-order chi connectivity index (χ1) is 9.39. The number of nitrogens with one attached hydrogen (secondary N) is 1. The number of carbonyl (C=O) groups excluding carboxylic acids is 3. The fourth-order valence-electron chi connectivity index (χ4n) is 2.57. The van der Waals surface area contributed by atoms with Gasteiger partial charge in [-0.2, -0.15) is 0 Å². The standard InChI is InChI=1S/C16H19NO3/c1-16(2)8-12(18)14(13(19)9-16)15(20)17-10-11-6-4-3-5-7-11/h3-7,14H,8-10H2,1-2H3,(H,17,20). The third kappa shape index (κ3) is 3.32. The lowest BCUT2D eigenvalue weighted by Gasteiger charge is -2.31. The Morgan fingerprint density at radius 3 is 2.25 bits per heavy atom. The lowest BCUT2D eigenvalue weighted by atomic mass is 9.71. The minimum absolute atomic E-state index is 0.267. The van der Waals surface area contributed by atoms with Gasteiger partial charge in [-0.1, -0.05) is 44.2 Å². The number of amides is 1. The topological polar surface area (TPSA) is 63.2 Å². The molecular formula is C16H19NO3. The van der Waals surface area contributed by atoms with E-state index in [-0.39, 0.29) is 29.8 Å². The van der Waals surface area contributed by atoms with Gasteiger partial charge in [0.15, 0.2) is 17.5 Å². The van der Waals surface area contributed by atoms with E-state index in [9.17, 15) is 14.4 Å². The Hall–Kier alpha value is -1.97. The van der Waals surface area contributed by atoms with Crippen LogP contribution in [-0.2, 0) is 20.9 Å². The highest BCUT2D eigenvalue weighted by Crippen LogP contribution is 2.33. The molecule has 1 N–H and O–H groups in total. The van der Waals surface area contributed by atoms with Gasteiger partial charge in [0, 0.05) is 19.4 Å². The summed E-state index contributed by atoms with van der Waals surface area (Å²) in [7, 11) is 0. The van der Waals surface area contributed by atoms with Crippen LogP contribution in [0.25, 0.3) is 0 Å². The maximum atomic E-state index is 12.1. The summed E-state index contributed by atoms with van der Waals surface area (Å²) in [6.07, 6.45) is 0.560. The monoisotopic (exact) mass is 273 g/mol. The van der Waals surface area contributed by atoms with E-state index in [0.717, 1.165) is 5.56 Å². The van der Waals surface area contributed by atoms with Crippen molar-refractivity contribution in [3.05, 3.63) is 35.9 Å². The summed E-state index contributed by atoms with van der Waals surface area (Å²) in [5.41, 5.74) is 0.613. The number of ketones is 2. The predicted molar refractivity (Wildman–Crippen MR) is 74.8 cm³/mol. The second-order valence-electron chi connectivity index (χ2n) is 6.09. The average Bonchev–Trinajstić information content (AvgIpc) is 2.35. The van der Waals surface area contributed by atoms with E-state index in [0.29, 0.717) is 6.54 Å². The first kappa shape index (κ1) is 14.4. The zero-order chi connectivity index (χ0) is 14.8. The largest absolute Gasteiger partial charge is 0.351 e.